The SMILES string of the molecule is Cc1ccccc1NN=C(C(=O)Cl)C(=O)Cl. The van der Waals surface area contributed by atoms with Crippen LogP contribution in [0.2, 0.25) is 0 Å². The summed E-state index contributed by atoms with van der Waals surface area (Å²) in [7, 11) is 0. The molecule has 0 atom stereocenters. The van der Waals surface area contributed by atoms with E-state index in [2.05, 4.69) is 10.5 Å². The van der Waals surface area contributed by atoms with Crippen molar-refractivity contribution in [1.29, 1.82) is 0 Å². The third-order valence-electron chi connectivity index (χ3n) is 1.81. The smallest absolute Gasteiger partial charge is 0.277 e. The third-order valence-corrected chi connectivity index (χ3v) is 2.16. The molecule has 0 fully saturated rings. The zero-order chi connectivity index (χ0) is 12.1. The molecule has 0 aliphatic carbocycles. The second kappa shape index (κ2) is 5.63. The van der Waals surface area contributed by atoms with Gasteiger partial charge in [-0.25, -0.2) is 0 Å². The number of hydrogen-bond donors (Lipinski definition) is 1. The number of nitrogens with zero attached hydrogens (tertiary/aromatic N) is 1. The minimum atomic E-state index is -0.999. The number of benzene rings is 1. The van der Waals surface area contributed by atoms with Crippen LogP contribution in [0.5, 0.6) is 0 Å². The van der Waals surface area contributed by atoms with E-state index < -0.39 is 16.2 Å². The van der Waals surface area contributed by atoms with Gasteiger partial charge in [0.05, 0.1) is 5.69 Å². The van der Waals surface area contributed by atoms with Crippen molar-refractivity contribution in [3.63, 3.8) is 0 Å². The highest BCUT2D eigenvalue weighted by Gasteiger charge is 2.16. The molecule has 0 aromatic heterocycles. The minimum absolute atomic E-state index is 0.536. The number of carbonyl (C=O) groups excluding carboxylic acids is 2. The third kappa shape index (κ3) is 3.32. The molecule has 0 spiro atoms. The number of para-hydroxylation sites is 1. The van der Waals surface area contributed by atoms with Crippen LogP contribution in [0.4, 0.5) is 5.69 Å². The number of halogens is 2. The minimum Gasteiger partial charge on any atom is -0.277 e. The second-order valence-electron chi connectivity index (χ2n) is 2.93. The lowest BCUT2D eigenvalue weighted by atomic mass is 10.2. The molecule has 6 heteroatoms. The summed E-state index contributed by atoms with van der Waals surface area (Å²) in [5, 5.41) is 1.56. The number of nitrogens with one attached hydrogen (secondary N) is 1. The van der Waals surface area contributed by atoms with Crippen LogP contribution in [0.25, 0.3) is 0 Å². The van der Waals surface area contributed by atoms with Gasteiger partial charge in [-0.05, 0) is 41.8 Å². The summed E-state index contributed by atoms with van der Waals surface area (Å²) in [6.07, 6.45) is 0. The largest absolute Gasteiger partial charge is 0.277 e. The Balaban J connectivity index is 2.90. The predicted octanol–water partition coefficient (Wildman–Crippen LogP) is 2.29. The van der Waals surface area contributed by atoms with Crippen molar-refractivity contribution in [1.82, 2.24) is 0 Å². The van der Waals surface area contributed by atoms with Crippen LogP contribution in [0, 0.1) is 6.92 Å². The first kappa shape index (κ1) is 12.7. The Morgan fingerprint density at radius 2 is 1.75 bits per heavy atom. The number of hydrogen-bond acceptors (Lipinski definition) is 4. The normalized spacial score (nSPS) is 9.44. The van der Waals surface area contributed by atoms with Gasteiger partial charge in [0, 0.05) is 0 Å². The van der Waals surface area contributed by atoms with E-state index in [-0.39, 0.29) is 0 Å². The lowest BCUT2D eigenvalue weighted by Gasteiger charge is -2.04. The molecule has 1 rings (SSSR count). The van der Waals surface area contributed by atoms with Gasteiger partial charge < -0.3 is 0 Å². The lowest BCUT2D eigenvalue weighted by molar-refractivity contribution is -0.109. The van der Waals surface area contributed by atoms with Gasteiger partial charge in [-0.15, -0.1) is 0 Å². The Morgan fingerprint density at radius 1 is 1.19 bits per heavy atom. The Labute approximate surface area is 102 Å². The summed E-state index contributed by atoms with van der Waals surface area (Å²) in [4.78, 5) is 21.6. The van der Waals surface area contributed by atoms with Crippen LogP contribution in [0.3, 0.4) is 0 Å². The van der Waals surface area contributed by atoms with E-state index >= 15 is 0 Å². The molecule has 84 valence electrons. The molecule has 4 nitrogen and oxygen atoms in total. The Hall–Kier alpha value is -1.39. The van der Waals surface area contributed by atoms with E-state index in [1.54, 1.807) is 12.1 Å². The summed E-state index contributed by atoms with van der Waals surface area (Å²) < 4.78 is 0. The average Bonchev–Trinajstić information content (AvgIpc) is 2.20. The summed E-state index contributed by atoms with van der Waals surface area (Å²) in [6, 6.07) is 7.23. The average molecular weight is 259 g/mol. The van der Waals surface area contributed by atoms with Gasteiger partial charge in [0.15, 0.2) is 0 Å². The molecule has 0 heterocycles. The van der Waals surface area contributed by atoms with Gasteiger partial charge >= 0.3 is 0 Å². The van der Waals surface area contributed by atoms with Crippen molar-refractivity contribution in [2.24, 2.45) is 5.10 Å². The molecule has 0 saturated heterocycles. The van der Waals surface area contributed by atoms with E-state index in [0.29, 0.717) is 5.69 Å². The maximum Gasteiger partial charge on any atom is 0.277 e. The highest BCUT2D eigenvalue weighted by Crippen LogP contribution is 2.13. The fraction of sp³-hybridized carbons (Fsp3) is 0.100. The molecule has 1 aromatic rings. The fourth-order valence-corrected chi connectivity index (χ4v) is 1.28. The summed E-state index contributed by atoms with van der Waals surface area (Å²) in [6.45, 7) is 1.85. The molecular weight excluding hydrogens is 251 g/mol. The predicted molar refractivity (Wildman–Crippen MR) is 64.0 cm³/mol. The van der Waals surface area contributed by atoms with Gasteiger partial charge in [0.25, 0.3) is 10.5 Å². The van der Waals surface area contributed by atoms with Gasteiger partial charge in [-0.3, -0.25) is 15.0 Å². The lowest BCUT2D eigenvalue weighted by Crippen LogP contribution is -2.17. The number of hydrazone groups is 1. The highest BCUT2D eigenvalue weighted by molar-refractivity contribution is 7.01. The topological polar surface area (TPSA) is 58.5 Å². The molecule has 0 bridgehead atoms. The van der Waals surface area contributed by atoms with E-state index in [4.69, 9.17) is 23.2 Å². The van der Waals surface area contributed by atoms with Crippen molar-refractivity contribution in [2.45, 2.75) is 6.92 Å². The first-order valence-electron chi connectivity index (χ1n) is 4.31. The van der Waals surface area contributed by atoms with Crippen molar-refractivity contribution < 1.29 is 9.59 Å². The molecule has 1 aromatic carbocycles. The summed E-state index contributed by atoms with van der Waals surface area (Å²) >= 11 is 10.3. The van der Waals surface area contributed by atoms with Gasteiger partial charge in [-0.2, -0.15) is 5.10 Å². The molecule has 1 N–H and O–H groups in total. The first-order chi connectivity index (χ1) is 7.52. The number of rotatable bonds is 4. The van der Waals surface area contributed by atoms with Crippen LogP contribution < -0.4 is 5.43 Å². The highest BCUT2D eigenvalue weighted by atomic mass is 35.5. The van der Waals surface area contributed by atoms with Gasteiger partial charge in [-0.1, -0.05) is 18.2 Å². The number of aryl methyl sites for hydroxylation is 1. The molecular formula is C10H8Cl2N2O2. The molecule has 0 saturated carbocycles. The Morgan fingerprint density at radius 3 is 2.25 bits per heavy atom. The van der Waals surface area contributed by atoms with E-state index in [0.717, 1.165) is 5.56 Å². The van der Waals surface area contributed by atoms with E-state index in [9.17, 15) is 9.59 Å². The summed E-state index contributed by atoms with van der Waals surface area (Å²) in [5.74, 6) is 0. The molecule has 0 amide bonds. The maximum atomic E-state index is 10.8. The van der Waals surface area contributed by atoms with Crippen molar-refractivity contribution in [2.75, 3.05) is 5.43 Å². The molecule has 0 aliphatic rings. The monoisotopic (exact) mass is 258 g/mol. The number of carbonyl (C=O) groups is 2. The standard InChI is InChI=1S/C10H8Cl2N2O2/c1-6-4-2-3-5-7(6)13-14-8(9(11)15)10(12)16/h2-5,13H,1H3. The molecule has 0 aliphatic heterocycles. The quantitative estimate of drug-likeness (QED) is 0.390. The summed E-state index contributed by atoms with van der Waals surface area (Å²) in [5.41, 5.74) is 3.59. The zero-order valence-corrected chi connectivity index (χ0v) is 9.84. The van der Waals surface area contributed by atoms with Gasteiger partial charge in [0.1, 0.15) is 0 Å². The van der Waals surface area contributed by atoms with Crippen molar-refractivity contribution in [3.8, 4) is 0 Å². The van der Waals surface area contributed by atoms with E-state index in [1.807, 2.05) is 19.1 Å². The van der Waals surface area contributed by atoms with Crippen molar-refractivity contribution >= 4 is 45.1 Å². The van der Waals surface area contributed by atoms with Crippen molar-refractivity contribution in [3.05, 3.63) is 29.8 Å². The van der Waals surface area contributed by atoms with Crippen LogP contribution in [-0.4, -0.2) is 16.2 Å². The van der Waals surface area contributed by atoms with E-state index in [1.165, 1.54) is 0 Å². The first-order valence-corrected chi connectivity index (χ1v) is 5.07. The van der Waals surface area contributed by atoms with Crippen LogP contribution in [0.1, 0.15) is 5.56 Å². The molecule has 0 radical (unpaired) electrons. The number of anilines is 1. The second-order valence-corrected chi connectivity index (χ2v) is 3.62. The van der Waals surface area contributed by atoms with Crippen LogP contribution in [-0.2, 0) is 9.59 Å². The van der Waals surface area contributed by atoms with Crippen LogP contribution >= 0.6 is 23.2 Å². The Bertz CT molecular complexity index is 442. The molecule has 0 unspecified atom stereocenters. The molecule has 16 heavy (non-hydrogen) atoms. The Kier molecular flexibility index (Phi) is 4.46. The van der Waals surface area contributed by atoms with Gasteiger partial charge in [0.2, 0.25) is 5.71 Å². The maximum absolute atomic E-state index is 10.8. The zero-order valence-electron chi connectivity index (χ0n) is 8.33. The van der Waals surface area contributed by atoms with Crippen LogP contribution in [0.15, 0.2) is 29.4 Å². The fourth-order valence-electron chi connectivity index (χ4n) is 0.980.